The van der Waals surface area contributed by atoms with Crippen LogP contribution in [0.4, 0.5) is 0 Å². The zero-order chi connectivity index (χ0) is 10.5. The van der Waals surface area contributed by atoms with Crippen LogP contribution in [0.3, 0.4) is 0 Å². The van der Waals surface area contributed by atoms with E-state index in [1.54, 1.807) is 0 Å². The Kier molecular flexibility index (Phi) is 5.04. The molecule has 0 atom stereocenters. The van der Waals surface area contributed by atoms with Crippen molar-refractivity contribution in [2.24, 2.45) is 5.92 Å². The molecule has 0 aliphatic carbocycles. The number of carbonyl (C=O) groups is 1. The molecule has 0 radical (unpaired) electrons. The van der Waals surface area contributed by atoms with Crippen molar-refractivity contribution >= 4 is 5.91 Å². The Morgan fingerprint density at radius 2 is 1.85 bits per heavy atom. The van der Waals surface area contributed by atoms with Gasteiger partial charge in [-0.25, -0.2) is 0 Å². The second-order valence-electron chi connectivity index (χ2n) is 5.08. The van der Waals surface area contributed by atoms with Gasteiger partial charge in [0.1, 0.15) is 0 Å². The summed E-state index contributed by atoms with van der Waals surface area (Å²) in [4.78, 5) is 11.3. The third-order valence-corrected chi connectivity index (χ3v) is 1.70. The number of hydrogen-bond donors (Lipinski definition) is 1. The molecule has 0 saturated heterocycles. The Bertz CT molecular complexity index is 156. The van der Waals surface area contributed by atoms with Gasteiger partial charge in [0.2, 0.25) is 5.91 Å². The standard InChI is InChI=1S/C11H23NO/c1-9(2)7-6-8-10(13)12-11(3,4)5/h9H,6-8H2,1-5H3,(H,12,13). The summed E-state index contributed by atoms with van der Waals surface area (Å²) in [5.41, 5.74) is -0.0884. The normalized spacial score (nSPS) is 11.8. The first-order valence-electron chi connectivity index (χ1n) is 5.12. The van der Waals surface area contributed by atoms with Gasteiger partial charge in [-0.1, -0.05) is 20.3 Å². The van der Waals surface area contributed by atoms with Gasteiger partial charge in [0.05, 0.1) is 0 Å². The number of rotatable bonds is 4. The molecule has 0 rings (SSSR count). The van der Waals surface area contributed by atoms with E-state index in [0.717, 1.165) is 12.8 Å². The predicted octanol–water partition coefficient (Wildman–Crippen LogP) is 2.73. The molecule has 0 aromatic heterocycles. The third kappa shape index (κ3) is 9.38. The number of nitrogens with one attached hydrogen (secondary N) is 1. The zero-order valence-corrected chi connectivity index (χ0v) is 9.61. The second-order valence-corrected chi connectivity index (χ2v) is 5.08. The molecule has 0 spiro atoms. The maximum absolute atomic E-state index is 11.3. The summed E-state index contributed by atoms with van der Waals surface area (Å²) in [6.07, 6.45) is 2.80. The Morgan fingerprint density at radius 1 is 1.31 bits per heavy atom. The van der Waals surface area contributed by atoms with Crippen LogP contribution in [0.15, 0.2) is 0 Å². The lowest BCUT2D eigenvalue weighted by molar-refractivity contribution is -0.122. The summed E-state index contributed by atoms with van der Waals surface area (Å²) in [6.45, 7) is 10.4. The van der Waals surface area contributed by atoms with Gasteiger partial charge >= 0.3 is 0 Å². The lowest BCUT2D eigenvalue weighted by Gasteiger charge is -2.20. The molecule has 78 valence electrons. The maximum Gasteiger partial charge on any atom is 0.220 e. The van der Waals surface area contributed by atoms with Crippen LogP contribution in [0, 0.1) is 5.92 Å². The van der Waals surface area contributed by atoms with Crippen LogP contribution >= 0.6 is 0 Å². The molecule has 2 nitrogen and oxygen atoms in total. The van der Waals surface area contributed by atoms with Crippen LogP contribution in [0.2, 0.25) is 0 Å². The van der Waals surface area contributed by atoms with Gasteiger partial charge in [0, 0.05) is 12.0 Å². The molecule has 0 aromatic carbocycles. The molecular formula is C11H23NO. The zero-order valence-electron chi connectivity index (χ0n) is 9.61. The lowest BCUT2D eigenvalue weighted by Crippen LogP contribution is -2.40. The predicted molar refractivity (Wildman–Crippen MR) is 56.6 cm³/mol. The first-order valence-corrected chi connectivity index (χ1v) is 5.12. The van der Waals surface area contributed by atoms with Crippen LogP contribution in [0.5, 0.6) is 0 Å². The Morgan fingerprint density at radius 3 is 2.23 bits per heavy atom. The van der Waals surface area contributed by atoms with E-state index >= 15 is 0 Å². The van der Waals surface area contributed by atoms with E-state index in [1.807, 2.05) is 20.8 Å². The SMILES string of the molecule is CC(C)CCCC(=O)NC(C)(C)C. The molecule has 0 aliphatic heterocycles. The summed E-state index contributed by atoms with van der Waals surface area (Å²) >= 11 is 0. The van der Waals surface area contributed by atoms with E-state index in [-0.39, 0.29) is 11.4 Å². The first kappa shape index (κ1) is 12.5. The molecule has 0 bridgehead atoms. The summed E-state index contributed by atoms with van der Waals surface area (Å²) in [6, 6.07) is 0. The minimum atomic E-state index is -0.0884. The minimum Gasteiger partial charge on any atom is -0.352 e. The van der Waals surface area contributed by atoms with Crippen molar-refractivity contribution in [1.82, 2.24) is 5.32 Å². The quantitative estimate of drug-likeness (QED) is 0.717. The van der Waals surface area contributed by atoms with E-state index in [1.165, 1.54) is 0 Å². The monoisotopic (exact) mass is 185 g/mol. The fraction of sp³-hybridized carbons (Fsp3) is 0.909. The van der Waals surface area contributed by atoms with Crippen LogP contribution < -0.4 is 5.32 Å². The molecule has 0 heterocycles. The summed E-state index contributed by atoms with van der Waals surface area (Å²) in [5, 5.41) is 2.95. The maximum atomic E-state index is 11.3. The van der Waals surface area contributed by atoms with E-state index < -0.39 is 0 Å². The van der Waals surface area contributed by atoms with Crippen molar-refractivity contribution in [2.75, 3.05) is 0 Å². The fourth-order valence-electron chi connectivity index (χ4n) is 1.15. The smallest absolute Gasteiger partial charge is 0.220 e. The van der Waals surface area contributed by atoms with Gasteiger partial charge in [-0.15, -0.1) is 0 Å². The highest BCUT2D eigenvalue weighted by atomic mass is 16.1. The van der Waals surface area contributed by atoms with Gasteiger partial charge in [0.15, 0.2) is 0 Å². The third-order valence-electron chi connectivity index (χ3n) is 1.70. The number of carbonyl (C=O) groups excluding carboxylic acids is 1. The van der Waals surface area contributed by atoms with Gasteiger partial charge in [0.25, 0.3) is 0 Å². The molecule has 13 heavy (non-hydrogen) atoms. The van der Waals surface area contributed by atoms with Crippen molar-refractivity contribution in [1.29, 1.82) is 0 Å². The minimum absolute atomic E-state index is 0.0884. The molecule has 0 unspecified atom stereocenters. The molecule has 0 fully saturated rings. The molecule has 1 amide bonds. The van der Waals surface area contributed by atoms with Crippen molar-refractivity contribution in [3.63, 3.8) is 0 Å². The topological polar surface area (TPSA) is 29.1 Å². The summed E-state index contributed by atoms with van der Waals surface area (Å²) in [5.74, 6) is 0.871. The van der Waals surface area contributed by atoms with E-state index in [4.69, 9.17) is 0 Å². The van der Waals surface area contributed by atoms with E-state index in [2.05, 4.69) is 19.2 Å². The Labute approximate surface area is 82.1 Å². The molecule has 0 aliphatic rings. The average Bonchev–Trinajstić information content (AvgIpc) is 1.81. The van der Waals surface area contributed by atoms with Crippen LogP contribution in [0.25, 0.3) is 0 Å². The highest BCUT2D eigenvalue weighted by Gasteiger charge is 2.12. The number of amides is 1. The lowest BCUT2D eigenvalue weighted by atomic mass is 10.1. The summed E-state index contributed by atoms with van der Waals surface area (Å²) < 4.78 is 0. The van der Waals surface area contributed by atoms with E-state index in [0.29, 0.717) is 12.3 Å². The Balaban J connectivity index is 3.53. The largest absolute Gasteiger partial charge is 0.352 e. The van der Waals surface area contributed by atoms with Gasteiger partial charge in [-0.2, -0.15) is 0 Å². The fourth-order valence-corrected chi connectivity index (χ4v) is 1.15. The number of hydrogen-bond acceptors (Lipinski definition) is 1. The van der Waals surface area contributed by atoms with Gasteiger partial charge in [-0.3, -0.25) is 4.79 Å². The molecular weight excluding hydrogens is 162 g/mol. The molecule has 2 heteroatoms. The van der Waals surface area contributed by atoms with Crippen molar-refractivity contribution in [3.05, 3.63) is 0 Å². The summed E-state index contributed by atoms with van der Waals surface area (Å²) in [7, 11) is 0. The first-order chi connectivity index (χ1) is 5.81. The van der Waals surface area contributed by atoms with Crippen LogP contribution in [-0.2, 0) is 4.79 Å². The van der Waals surface area contributed by atoms with Crippen molar-refractivity contribution < 1.29 is 4.79 Å². The average molecular weight is 185 g/mol. The Hall–Kier alpha value is -0.530. The van der Waals surface area contributed by atoms with Crippen molar-refractivity contribution in [3.8, 4) is 0 Å². The molecule has 0 aromatic rings. The highest BCUT2D eigenvalue weighted by Crippen LogP contribution is 2.07. The highest BCUT2D eigenvalue weighted by molar-refractivity contribution is 5.76. The van der Waals surface area contributed by atoms with E-state index in [9.17, 15) is 4.79 Å². The second kappa shape index (κ2) is 5.25. The van der Waals surface area contributed by atoms with Crippen LogP contribution in [-0.4, -0.2) is 11.4 Å². The van der Waals surface area contributed by atoms with Crippen LogP contribution in [0.1, 0.15) is 53.9 Å². The van der Waals surface area contributed by atoms with Crippen molar-refractivity contribution in [2.45, 2.75) is 59.4 Å². The van der Waals surface area contributed by atoms with Gasteiger partial charge in [-0.05, 0) is 33.1 Å². The molecule has 0 saturated carbocycles. The molecule has 1 N–H and O–H groups in total. The van der Waals surface area contributed by atoms with Gasteiger partial charge < -0.3 is 5.32 Å².